The Labute approximate surface area is 310 Å². The Morgan fingerprint density at radius 3 is 1.50 bits per heavy atom. The monoisotopic (exact) mass is 742 g/mol. The van der Waals surface area contributed by atoms with Crippen molar-refractivity contribution in [3.05, 3.63) is 162 Å². The molecule has 50 heavy (non-hydrogen) atoms. The Kier molecular flexibility index (Phi) is 11.5. The average Bonchev–Trinajstić information content (AvgIpc) is 3.79. The number of alkyl halides is 3. The van der Waals surface area contributed by atoms with Crippen LogP contribution in [0.1, 0.15) is 70.2 Å². The van der Waals surface area contributed by atoms with Gasteiger partial charge in [0.25, 0.3) is 0 Å². The SMILES string of the molecule is CC(C)(C)c1cc2c(cc1-c1ccccc1)[cH-]c1cc(-c3ccccc3)c(C(C)(C)C)cc12.FC(F)(F)c1cccc([CH]=[Zr+2])c1.[C-]1=CC=CC1. The van der Waals surface area contributed by atoms with Crippen molar-refractivity contribution in [2.75, 3.05) is 0 Å². The smallest absolute Gasteiger partial charge is 0.109 e. The van der Waals surface area contributed by atoms with Gasteiger partial charge in [0, 0.05) is 0 Å². The predicted octanol–water partition coefficient (Wildman–Crippen LogP) is 13.3. The fourth-order valence-corrected chi connectivity index (χ4v) is 6.65. The molecule has 0 aromatic heterocycles. The average molecular weight is 744 g/mol. The molecule has 0 amide bonds. The molecule has 7 rings (SSSR count). The van der Waals surface area contributed by atoms with E-state index in [4.69, 9.17) is 0 Å². The molecule has 0 saturated carbocycles. The van der Waals surface area contributed by atoms with Gasteiger partial charge in [-0.05, 0) is 44.2 Å². The first kappa shape index (κ1) is 37.3. The maximum absolute atomic E-state index is 12.1. The molecule has 1 aliphatic carbocycles. The van der Waals surface area contributed by atoms with Gasteiger partial charge in [-0.2, -0.15) is 6.08 Å². The van der Waals surface area contributed by atoms with Crippen LogP contribution in [0.2, 0.25) is 0 Å². The van der Waals surface area contributed by atoms with Gasteiger partial charge in [-0.25, -0.2) is 12.2 Å². The van der Waals surface area contributed by atoms with E-state index in [0.717, 1.165) is 42.8 Å². The molecule has 0 aliphatic heterocycles. The van der Waals surface area contributed by atoms with Gasteiger partial charge in [0.05, 0.1) is 0 Å². The van der Waals surface area contributed by atoms with Gasteiger partial charge in [-0.1, -0.05) is 114 Å². The number of benzene rings is 5. The molecular formula is C46H43F3Zr. The van der Waals surface area contributed by atoms with Gasteiger partial charge < -0.3 is 0 Å². The van der Waals surface area contributed by atoms with E-state index in [1.54, 1.807) is 9.78 Å². The third-order valence-electron chi connectivity index (χ3n) is 8.73. The molecule has 0 unspecified atom stereocenters. The van der Waals surface area contributed by atoms with E-state index in [-0.39, 0.29) is 10.8 Å². The number of hydrogen-bond donors (Lipinski definition) is 0. The maximum atomic E-state index is 12.1. The Hall–Kier alpha value is -4.01. The molecule has 6 aromatic rings. The quantitative estimate of drug-likeness (QED) is 0.158. The van der Waals surface area contributed by atoms with Gasteiger partial charge in [-0.15, -0.1) is 46.2 Å². The van der Waals surface area contributed by atoms with E-state index in [1.165, 1.54) is 61.0 Å². The van der Waals surface area contributed by atoms with Crippen LogP contribution in [-0.4, -0.2) is 3.71 Å². The van der Waals surface area contributed by atoms with Gasteiger partial charge in [-0.3, -0.25) is 6.08 Å². The van der Waals surface area contributed by atoms with Crippen molar-refractivity contribution in [3.63, 3.8) is 0 Å². The van der Waals surface area contributed by atoms with Gasteiger partial charge >= 0.3 is 82.7 Å². The largest absolute Gasteiger partial charge is 0.273 e. The van der Waals surface area contributed by atoms with Crippen molar-refractivity contribution in [3.8, 4) is 22.3 Å². The standard InChI is InChI=1S/C33H33.C8H5F3.C5H5.Zr/c1-32(2,3)30-20-26-24(18-28(30)22-13-9-7-10-14-22)17-25-19-29(23-15-11-8-12-16-23)31(21-27(25)26)33(4,5)6;1-6-3-2-4-7(5-6)8(9,10)11;1-2-4-5-3-1;/h7-21H,1-6H3;1-5H;1-3H,4H2;/q-1;;-1;+2. The van der Waals surface area contributed by atoms with Crippen molar-refractivity contribution in [2.24, 2.45) is 0 Å². The molecule has 0 radical (unpaired) electrons. The minimum Gasteiger partial charge on any atom is -0.273 e. The van der Waals surface area contributed by atoms with Crippen LogP contribution >= 0.6 is 0 Å². The minimum absolute atomic E-state index is 0.0554. The third-order valence-corrected chi connectivity index (χ3v) is 9.55. The minimum atomic E-state index is -4.23. The predicted molar refractivity (Wildman–Crippen MR) is 203 cm³/mol. The van der Waals surface area contributed by atoms with Gasteiger partial charge in [0.15, 0.2) is 0 Å². The summed E-state index contributed by atoms with van der Waals surface area (Å²) in [6.45, 7) is 13.9. The van der Waals surface area contributed by atoms with Crippen LogP contribution in [0.3, 0.4) is 0 Å². The second kappa shape index (κ2) is 15.5. The molecule has 252 valence electrons. The number of rotatable bonds is 3. The van der Waals surface area contributed by atoms with Crippen LogP contribution in [0, 0.1) is 6.08 Å². The summed E-state index contributed by atoms with van der Waals surface area (Å²) in [6.07, 6.45) is 5.77. The molecular weight excluding hydrogens is 701 g/mol. The Bertz CT molecular complexity index is 2010. The van der Waals surface area contributed by atoms with Crippen LogP contribution in [0.4, 0.5) is 13.2 Å². The zero-order valence-electron chi connectivity index (χ0n) is 29.6. The van der Waals surface area contributed by atoms with E-state index in [1.807, 2.05) is 12.2 Å². The number of allylic oxidation sites excluding steroid dienone is 4. The Morgan fingerprint density at radius 1 is 0.640 bits per heavy atom. The third kappa shape index (κ3) is 9.01. The van der Waals surface area contributed by atoms with E-state index >= 15 is 0 Å². The topological polar surface area (TPSA) is 0 Å². The summed E-state index contributed by atoms with van der Waals surface area (Å²) in [5.41, 5.74) is 8.21. The molecule has 4 heteroatoms. The van der Waals surface area contributed by atoms with Crippen molar-refractivity contribution in [1.29, 1.82) is 0 Å². The van der Waals surface area contributed by atoms with E-state index in [0.29, 0.717) is 5.56 Å². The molecule has 1 aliphatic rings. The number of halogens is 3. The van der Waals surface area contributed by atoms with Crippen molar-refractivity contribution < 1.29 is 37.4 Å². The molecule has 0 nitrogen and oxygen atoms in total. The molecule has 0 N–H and O–H groups in total. The summed E-state index contributed by atoms with van der Waals surface area (Å²) in [6, 6.07) is 39.0. The maximum Gasteiger partial charge on any atom is -0.109 e. The zero-order valence-corrected chi connectivity index (χ0v) is 32.1. The molecule has 0 spiro atoms. The van der Waals surface area contributed by atoms with Crippen molar-refractivity contribution in [1.82, 2.24) is 0 Å². The fourth-order valence-electron chi connectivity index (χ4n) is 6.20. The summed E-state index contributed by atoms with van der Waals surface area (Å²) >= 11 is 1.10. The first-order valence-electron chi connectivity index (χ1n) is 16.9. The first-order chi connectivity index (χ1) is 23.7. The first-order valence-corrected chi connectivity index (χ1v) is 18.3. The summed E-state index contributed by atoms with van der Waals surface area (Å²) in [4.78, 5) is 0. The summed E-state index contributed by atoms with van der Waals surface area (Å²) in [5, 5.41) is 5.36. The fraction of sp³-hybridized carbons (Fsp3) is 0.217. The van der Waals surface area contributed by atoms with Crippen LogP contribution in [0.15, 0.2) is 133 Å². The van der Waals surface area contributed by atoms with Crippen LogP contribution < -0.4 is 0 Å². The second-order valence-electron chi connectivity index (χ2n) is 14.6. The number of hydrogen-bond acceptors (Lipinski definition) is 0. The van der Waals surface area contributed by atoms with Crippen LogP contribution in [0.25, 0.3) is 43.8 Å². The normalized spacial score (nSPS) is 12.8. The van der Waals surface area contributed by atoms with Crippen LogP contribution in [0.5, 0.6) is 0 Å². The molecule has 0 heterocycles. The van der Waals surface area contributed by atoms with Crippen molar-refractivity contribution in [2.45, 2.75) is 65.0 Å². The van der Waals surface area contributed by atoms with E-state index < -0.39 is 11.7 Å². The molecule has 6 aromatic carbocycles. The zero-order chi connectivity index (χ0) is 36.1. The second-order valence-corrected chi connectivity index (χ2v) is 15.3. The van der Waals surface area contributed by atoms with Gasteiger partial charge in [0.1, 0.15) is 0 Å². The number of fused-ring (bicyclic) bond motifs is 3. The Balaban J connectivity index is 0.000000234. The molecule has 0 saturated heterocycles. The van der Waals surface area contributed by atoms with Gasteiger partial charge in [0.2, 0.25) is 0 Å². The summed E-state index contributed by atoms with van der Waals surface area (Å²) in [7, 11) is 0. The molecule has 0 bridgehead atoms. The van der Waals surface area contributed by atoms with E-state index in [2.05, 4.69) is 145 Å². The van der Waals surface area contributed by atoms with E-state index in [9.17, 15) is 13.2 Å². The summed E-state index contributed by atoms with van der Waals surface area (Å²) < 4.78 is 38.0. The molecule has 0 fully saturated rings. The molecule has 0 atom stereocenters. The van der Waals surface area contributed by atoms with Crippen LogP contribution in [-0.2, 0) is 41.2 Å². The summed E-state index contributed by atoms with van der Waals surface area (Å²) in [5.74, 6) is 0. The van der Waals surface area contributed by atoms with Crippen molar-refractivity contribution >= 4 is 25.3 Å². The Morgan fingerprint density at radius 2 is 1.14 bits per heavy atom.